The summed E-state index contributed by atoms with van der Waals surface area (Å²) in [4.78, 5) is 30.4. The molecule has 286 valence electrons. The molecule has 0 spiro atoms. The third kappa shape index (κ3) is 16.1. The van der Waals surface area contributed by atoms with Crippen LogP contribution in [-0.4, -0.2) is 35.6 Å². The van der Waals surface area contributed by atoms with Crippen molar-refractivity contribution in [1.82, 2.24) is 29.9 Å². The van der Waals surface area contributed by atoms with Gasteiger partial charge in [-0.3, -0.25) is 29.9 Å². The smallest absolute Gasteiger partial charge is 0.399 e. The van der Waals surface area contributed by atoms with E-state index in [4.69, 9.17) is 48.0 Å². The molecule has 1 aliphatic rings. The van der Waals surface area contributed by atoms with Gasteiger partial charge in [0.15, 0.2) is 0 Å². The van der Waals surface area contributed by atoms with Gasteiger partial charge in [0.2, 0.25) is 0 Å². The fourth-order valence-electron chi connectivity index (χ4n) is 4.57. The second-order valence-electron chi connectivity index (χ2n) is 10.5. The number of nitrogens with two attached hydrogens (primary N) is 1. The Morgan fingerprint density at radius 2 is 0.696 bits per heavy atom. The number of hydrogen-bond acceptors (Lipinski definition) is 16. The predicted octanol–water partition coefficient (Wildman–Crippen LogP) is -2.02. The van der Waals surface area contributed by atoms with Crippen molar-refractivity contribution < 1.29 is 77.2 Å². The van der Waals surface area contributed by atoms with Crippen LogP contribution in [0.2, 0.25) is 0 Å². The zero-order valence-electron chi connectivity index (χ0n) is 28.6. The van der Waals surface area contributed by atoms with Crippen molar-refractivity contribution in [3.63, 3.8) is 0 Å². The summed E-state index contributed by atoms with van der Waals surface area (Å²) in [6, 6.07) is 38.6. The van der Waals surface area contributed by atoms with Crippen molar-refractivity contribution in [3.8, 4) is 34.2 Å². The van der Waals surface area contributed by atoms with E-state index in [1.165, 1.54) is 0 Å². The van der Waals surface area contributed by atoms with Crippen molar-refractivity contribution in [2.45, 2.75) is 0 Å². The van der Waals surface area contributed by atoms with Crippen molar-refractivity contribution in [3.05, 3.63) is 170 Å². The van der Waals surface area contributed by atoms with Crippen LogP contribution in [0.15, 0.2) is 164 Å². The zero-order chi connectivity index (χ0) is 39.7. The maximum Gasteiger partial charge on any atom is 2.00 e. The predicted molar refractivity (Wildman–Crippen MR) is 179 cm³/mol. The van der Waals surface area contributed by atoms with Gasteiger partial charge in [-0.25, -0.2) is 42.3 Å². The van der Waals surface area contributed by atoms with Crippen molar-refractivity contribution in [1.29, 1.82) is 0 Å². The number of pyridine rings is 6. The van der Waals surface area contributed by atoms with Gasteiger partial charge < -0.3 is 5.73 Å². The van der Waals surface area contributed by atoms with Gasteiger partial charge in [0.05, 0.1) is 45.6 Å². The first kappa shape index (κ1) is 44.9. The quantitative estimate of drug-likeness (QED) is 0.148. The Hall–Kier alpha value is -5.53. The monoisotopic (exact) mass is 884 g/mol. The third-order valence-corrected chi connectivity index (χ3v) is 6.67. The van der Waals surface area contributed by atoms with Crippen LogP contribution < -0.4 is 43.0 Å². The summed E-state index contributed by atoms with van der Waals surface area (Å²) in [7, 11) is -9.89. The molecule has 0 saturated heterocycles. The Labute approximate surface area is 337 Å². The van der Waals surface area contributed by atoms with Crippen LogP contribution in [0, 0.1) is 20.5 Å². The van der Waals surface area contributed by atoms with Crippen LogP contribution in [0.3, 0.4) is 0 Å². The molecule has 0 saturated carbocycles. The molecule has 56 heavy (non-hydrogen) atoms. The molecule has 0 fully saturated rings. The molecule has 8 rings (SSSR count). The summed E-state index contributed by atoms with van der Waals surface area (Å²) in [6.45, 7) is 0. The number of anilines is 1. The van der Waals surface area contributed by atoms with E-state index in [1.807, 2.05) is 121 Å². The first-order valence-electron chi connectivity index (χ1n) is 15.5. The fraction of sp³-hybridized carbons (Fsp3) is 0. The fourth-order valence-corrected chi connectivity index (χ4v) is 4.57. The molecular formula is C37H28Cl2N8O8Ru. The van der Waals surface area contributed by atoms with Crippen LogP contribution in [0.1, 0.15) is 11.1 Å². The molecule has 0 radical (unpaired) electrons. The van der Waals surface area contributed by atoms with Crippen LogP contribution in [-0.2, 0) is 19.5 Å². The number of halogens is 2. The minimum atomic E-state index is -4.94. The van der Waals surface area contributed by atoms with Crippen molar-refractivity contribution in [2.24, 2.45) is 4.99 Å². The van der Waals surface area contributed by atoms with Gasteiger partial charge >= 0.3 is 19.5 Å². The summed E-state index contributed by atoms with van der Waals surface area (Å²) in [5, 5.41) is 0. The number of benzene rings is 1. The standard InChI is InChI=1S/C17H12N4.2C10H8N2.2ClHO4.Ru/c18-11-5-7-12(8-6-11)21-15-13-3-1-9-19-16(13)17-14(15)4-2-10-20-17;2*1-3-7-11-9(5-1)10-6-2-4-8-12-10;2*2-1(3,4)5;/h1-10H,18H2;2*1-8H;2*(H,2,3,4,5);/q;;;;;+2/p-2. The summed E-state index contributed by atoms with van der Waals surface area (Å²) in [6.07, 6.45) is 10.6. The van der Waals surface area contributed by atoms with Crippen LogP contribution in [0.4, 0.5) is 11.4 Å². The van der Waals surface area contributed by atoms with Crippen LogP contribution in [0.25, 0.3) is 34.2 Å². The molecule has 6 heterocycles. The third-order valence-electron chi connectivity index (χ3n) is 6.67. The van der Waals surface area contributed by atoms with Crippen LogP contribution in [0.5, 0.6) is 0 Å². The van der Waals surface area contributed by atoms with E-state index in [2.05, 4.69) is 29.9 Å². The van der Waals surface area contributed by atoms with E-state index < -0.39 is 20.5 Å². The summed E-state index contributed by atoms with van der Waals surface area (Å²) >= 11 is 0. The minimum Gasteiger partial charge on any atom is -0.399 e. The van der Waals surface area contributed by atoms with E-state index in [0.717, 1.165) is 62.4 Å². The Bertz CT molecular complexity index is 2000. The molecule has 1 aliphatic carbocycles. The van der Waals surface area contributed by atoms with Gasteiger partial charge in [-0.1, -0.05) is 24.3 Å². The molecule has 6 aromatic heterocycles. The Balaban J connectivity index is 0.000000208. The molecule has 19 heteroatoms. The topological polar surface area (TPSA) is 300 Å². The van der Waals surface area contributed by atoms with Crippen molar-refractivity contribution in [2.75, 3.05) is 5.73 Å². The molecular weight excluding hydrogens is 856 g/mol. The number of nitrogen functional groups attached to an aromatic ring is 1. The Morgan fingerprint density at radius 1 is 0.393 bits per heavy atom. The summed E-state index contributed by atoms with van der Waals surface area (Å²) in [5.41, 5.74) is 15.7. The van der Waals surface area contributed by atoms with Gasteiger partial charge in [0.25, 0.3) is 0 Å². The largest absolute Gasteiger partial charge is 2.00 e. The molecule has 7 aromatic rings. The summed E-state index contributed by atoms with van der Waals surface area (Å²) in [5.74, 6) is 0. The average Bonchev–Trinajstić information content (AvgIpc) is 3.49. The van der Waals surface area contributed by atoms with Gasteiger partial charge in [0, 0.05) is 54.0 Å². The first-order valence-corrected chi connectivity index (χ1v) is 18.0. The van der Waals surface area contributed by atoms with E-state index in [9.17, 15) is 0 Å². The maximum absolute atomic E-state index is 8.49. The van der Waals surface area contributed by atoms with Gasteiger partial charge in [-0.15, -0.1) is 20.5 Å². The molecule has 2 N–H and O–H groups in total. The molecule has 16 nitrogen and oxygen atoms in total. The average molecular weight is 885 g/mol. The van der Waals surface area contributed by atoms with Crippen LogP contribution >= 0.6 is 0 Å². The minimum absolute atomic E-state index is 0. The molecule has 1 aromatic carbocycles. The SMILES string of the molecule is Nc1ccc(N=C2c3cccnc3-c3ncccc32)cc1.[O-][Cl+3]([O-])([O-])[O-].[O-][Cl+3]([O-])([O-])[O-].[Ru+2].c1ccc(-c2ccccn2)nc1.c1ccc(-c2ccccn2)nc1. The summed E-state index contributed by atoms with van der Waals surface area (Å²) < 4.78 is 67.9. The van der Waals surface area contributed by atoms with Gasteiger partial charge in [-0.05, 0) is 97.1 Å². The number of aromatic nitrogens is 6. The van der Waals surface area contributed by atoms with E-state index in [1.54, 1.807) is 37.2 Å². The van der Waals surface area contributed by atoms with Crippen molar-refractivity contribution >= 4 is 17.1 Å². The first-order chi connectivity index (χ1) is 26.3. The molecule has 0 bridgehead atoms. The number of fused-ring (bicyclic) bond motifs is 3. The van der Waals surface area contributed by atoms with E-state index in [-0.39, 0.29) is 19.5 Å². The molecule has 0 aliphatic heterocycles. The van der Waals surface area contributed by atoms with E-state index in [0.29, 0.717) is 0 Å². The normalized spacial score (nSPS) is 10.8. The second kappa shape index (κ2) is 22.1. The second-order valence-corrected chi connectivity index (χ2v) is 12.0. The number of rotatable bonds is 3. The Kier molecular flexibility index (Phi) is 17.7. The van der Waals surface area contributed by atoms with E-state index >= 15 is 0 Å². The Morgan fingerprint density at radius 3 is 0.982 bits per heavy atom. The number of hydrogen-bond donors (Lipinski definition) is 1. The number of nitrogens with zero attached hydrogens (tertiary/aromatic N) is 7. The molecule has 0 unspecified atom stereocenters. The van der Waals surface area contributed by atoms with Gasteiger partial charge in [0.1, 0.15) is 0 Å². The zero-order valence-corrected chi connectivity index (χ0v) is 31.8. The number of aliphatic imine (C=N–C) groups is 1. The maximum atomic E-state index is 8.49. The van der Waals surface area contributed by atoms with Gasteiger partial charge in [-0.2, -0.15) is 0 Å². The molecule has 0 atom stereocenters. The molecule has 0 amide bonds.